The van der Waals surface area contributed by atoms with Gasteiger partial charge in [0.1, 0.15) is 0 Å². The van der Waals surface area contributed by atoms with E-state index in [0.717, 1.165) is 7.11 Å². The Labute approximate surface area is 37.1 Å². The van der Waals surface area contributed by atoms with Crippen molar-refractivity contribution in [2.24, 2.45) is 0 Å². The fourth-order valence-electron chi connectivity index (χ4n) is 0. The summed E-state index contributed by atoms with van der Waals surface area (Å²) in [6, 6.07) is 0. The predicted octanol–water partition coefficient (Wildman–Crippen LogP) is 0.771. The van der Waals surface area contributed by atoms with Crippen LogP contribution in [0, 0.1) is 0 Å². The van der Waals surface area contributed by atoms with Gasteiger partial charge in [-0.3, -0.25) is 17.8 Å². The molecule has 6 heavy (non-hydrogen) atoms. The highest BCUT2D eigenvalue weighted by molar-refractivity contribution is 8.15. The minimum absolute atomic E-state index is 0.995. The van der Waals surface area contributed by atoms with Crippen LogP contribution in [0.25, 0.3) is 0 Å². The Hall–Kier alpha value is 0.190. The van der Waals surface area contributed by atoms with Gasteiger partial charge < -0.3 is 0 Å². The van der Waals surface area contributed by atoms with E-state index in [0.29, 0.717) is 0 Å². The zero-order valence-electron chi connectivity index (χ0n) is 3.16. The Morgan fingerprint density at radius 1 is 1.33 bits per heavy atom. The Morgan fingerprint density at radius 2 is 1.50 bits per heavy atom. The van der Waals surface area contributed by atoms with Crippen molar-refractivity contribution in [2.45, 2.75) is 0 Å². The molecule has 0 unspecified atom stereocenters. The lowest BCUT2D eigenvalue weighted by atomic mass is 11.8. The Kier molecular flexibility index (Phi) is 1.82. The Balaban J connectivity index is 3.17. The number of rotatable bonds is 1. The summed E-state index contributed by atoms with van der Waals surface area (Å²) in [6.07, 6.45) is 0. The van der Waals surface area contributed by atoms with Gasteiger partial charge in [0.15, 0.2) is 0 Å². The van der Waals surface area contributed by atoms with Crippen molar-refractivity contribution in [1.82, 2.24) is 0 Å². The average molecular weight is 114 g/mol. The van der Waals surface area contributed by atoms with Crippen molar-refractivity contribution < 1.29 is 17.8 Å². The van der Waals surface area contributed by atoms with Crippen LogP contribution in [-0.2, 0) is 4.18 Å². The molecule has 40 valence electrons. The SMILES string of the molecule is COS(O)(O)O. The Morgan fingerprint density at radius 3 is 1.50 bits per heavy atom. The van der Waals surface area contributed by atoms with E-state index in [2.05, 4.69) is 4.18 Å². The van der Waals surface area contributed by atoms with Crippen molar-refractivity contribution in [3.05, 3.63) is 0 Å². The van der Waals surface area contributed by atoms with E-state index in [9.17, 15) is 0 Å². The highest BCUT2D eigenvalue weighted by Gasteiger charge is 2.05. The zero-order chi connectivity index (χ0) is 5.21. The molecule has 0 aliphatic rings. The van der Waals surface area contributed by atoms with Crippen LogP contribution in [0.4, 0.5) is 0 Å². The Bertz CT molecular complexity index is 37.3. The molecule has 0 atom stereocenters. The largest absolute Gasteiger partial charge is 0.287 e. The molecule has 0 saturated carbocycles. The van der Waals surface area contributed by atoms with E-state index < -0.39 is 11.2 Å². The summed E-state index contributed by atoms with van der Waals surface area (Å²) >= 11 is -3.66. The van der Waals surface area contributed by atoms with Gasteiger partial charge >= 0.3 is 0 Å². The average Bonchev–Trinajstić information content (AvgIpc) is 1.35. The molecule has 0 aromatic carbocycles. The van der Waals surface area contributed by atoms with E-state index in [1.165, 1.54) is 0 Å². The number of hydrogen-bond acceptors (Lipinski definition) is 4. The minimum atomic E-state index is -3.66. The smallest absolute Gasteiger partial charge is 0.216 e. The summed E-state index contributed by atoms with van der Waals surface area (Å²) in [7, 11) is 0.995. The first kappa shape index (κ1) is 6.19. The van der Waals surface area contributed by atoms with Gasteiger partial charge in [-0.2, -0.15) is 0 Å². The monoisotopic (exact) mass is 114 g/mol. The van der Waals surface area contributed by atoms with Crippen molar-refractivity contribution in [2.75, 3.05) is 7.11 Å². The third-order valence-corrected chi connectivity index (χ3v) is 0.671. The van der Waals surface area contributed by atoms with Crippen molar-refractivity contribution in [1.29, 1.82) is 0 Å². The summed E-state index contributed by atoms with van der Waals surface area (Å²) in [5, 5.41) is 0. The second-order valence-electron chi connectivity index (χ2n) is 0.635. The first-order chi connectivity index (χ1) is 2.56. The normalized spacial score (nSPS) is 14.7. The molecule has 0 aliphatic heterocycles. The van der Waals surface area contributed by atoms with Gasteiger partial charge in [0.05, 0.1) is 7.11 Å². The third kappa shape index (κ3) is 4.19. The molecule has 0 fully saturated rings. The first-order valence-electron chi connectivity index (χ1n) is 1.12. The van der Waals surface area contributed by atoms with Gasteiger partial charge in [-0.05, 0) is 0 Å². The van der Waals surface area contributed by atoms with Gasteiger partial charge in [-0.25, -0.2) is 0 Å². The summed E-state index contributed by atoms with van der Waals surface area (Å²) in [4.78, 5) is 0. The fourth-order valence-corrected chi connectivity index (χ4v) is 0. The second-order valence-corrected chi connectivity index (χ2v) is 1.91. The standard InChI is InChI=1S/CH6O4S/c1-5-6(2,3)4/h2-4H,1H3. The summed E-state index contributed by atoms with van der Waals surface area (Å²) in [5.74, 6) is 0. The quantitative estimate of drug-likeness (QED) is 0.471. The molecule has 4 nitrogen and oxygen atoms in total. The predicted molar refractivity (Wildman–Crippen MR) is 22.5 cm³/mol. The summed E-state index contributed by atoms with van der Waals surface area (Å²) in [5.41, 5.74) is 0. The van der Waals surface area contributed by atoms with Crippen LogP contribution in [0.15, 0.2) is 0 Å². The molecule has 0 radical (unpaired) electrons. The van der Waals surface area contributed by atoms with Crippen LogP contribution in [0.5, 0.6) is 0 Å². The lowest BCUT2D eigenvalue weighted by Crippen LogP contribution is -1.94. The maximum atomic E-state index is 7.80. The first-order valence-corrected chi connectivity index (χ1v) is 2.55. The van der Waals surface area contributed by atoms with Crippen LogP contribution in [-0.4, -0.2) is 20.8 Å². The molecule has 0 aromatic rings. The number of hydrogen-bond donors (Lipinski definition) is 3. The molecule has 0 rings (SSSR count). The van der Waals surface area contributed by atoms with Gasteiger partial charge in [-0.1, -0.05) is 0 Å². The van der Waals surface area contributed by atoms with E-state index in [1.54, 1.807) is 0 Å². The fraction of sp³-hybridized carbons (Fsp3) is 1.00. The second kappa shape index (κ2) is 1.76. The lowest BCUT2D eigenvalue weighted by molar-refractivity contribution is 0.241. The highest BCUT2D eigenvalue weighted by atomic mass is 32.3. The third-order valence-electron chi connectivity index (χ3n) is 0.224. The van der Waals surface area contributed by atoms with E-state index >= 15 is 0 Å². The highest BCUT2D eigenvalue weighted by Crippen LogP contribution is 2.31. The lowest BCUT2D eigenvalue weighted by Gasteiger charge is -2.13. The molecule has 0 spiro atoms. The van der Waals surface area contributed by atoms with Crippen molar-refractivity contribution >= 4 is 11.2 Å². The zero-order valence-corrected chi connectivity index (χ0v) is 3.97. The molecule has 0 saturated heterocycles. The molecule has 0 aromatic heterocycles. The minimum Gasteiger partial charge on any atom is -0.287 e. The van der Waals surface area contributed by atoms with E-state index in [1.807, 2.05) is 0 Å². The van der Waals surface area contributed by atoms with Crippen LogP contribution >= 0.6 is 11.2 Å². The molecule has 5 heteroatoms. The van der Waals surface area contributed by atoms with Gasteiger partial charge in [0, 0.05) is 0 Å². The molecule has 0 bridgehead atoms. The van der Waals surface area contributed by atoms with Crippen LogP contribution in [0.1, 0.15) is 0 Å². The molecule has 3 N–H and O–H groups in total. The summed E-state index contributed by atoms with van der Waals surface area (Å²) < 4.78 is 27.1. The van der Waals surface area contributed by atoms with Gasteiger partial charge in [-0.15, -0.1) is 0 Å². The van der Waals surface area contributed by atoms with Crippen LogP contribution in [0.2, 0.25) is 0 Å². The van der Waals surface area contributed by atoms with Crippen molar-refractivity contribution in [3.8, 4) is 0 Å². The molecule has 0 amide bonds. The maximum Gasteiger partial charge on any atom is 0.216 e. The topological polar surface area (TPSA) is 69.9 Å². The van der Waals surface area contributed by atoms with Crippen LogP contribution < -0.4 is 0 Å². The van der Waals surface area contributed by atoms with Gasteiger partial charge in [0.25, 0.3) is 0 Å². The van der Waals surface area contributed by atoms with Crippen LogP contribution in [0.3, 0.4) is 0 Å². The van der Waals surface area contributed by atoms with E-state index in [4.69, 9.17) is 13.7 Å². The molecule has 0 aliphatic carbocycles. The molecule has 0 heterocycles. The maximum absolute atomic E-state index is 7.80. The molecular formula is CH6O4S. The van der Waals surface area contributed by atoms with Gasteiger partial charge in [0.2, 0.25) is 11.2 Å². The molecular weight excluding hydrogens is 108 g/mol. The summed E-state index contributed by atoms with van der Waals surface area (Å²) in [6.45, 7) is 0. The van der Waals surface area contributed by atoms with Crippen molar-refractivity contribution in [3.63, 3.8) is 0 Å². The van der Waals surface area contributed by atoms with E-state index in [-0.39, 0.29) is 0 Å².